The van der Waals surface area contributed by atoms with E-state index >= 15 is 0 Å². The van der Waals surface area contributed by atoms with E-state index in [1.807, 2.05) is 0 Å². The van der Waals surface area contributed by atoms with E-state index in [2.05, 4.69) is 15.4 Å². The molecular weight excluding hydrogens is 389 g/mol. The number of amides is 2. The molecule has 0 spiro atoms. The van der Waals surface area contributed by atoms with Gasteiger partial charge in [-0.05, 0) is 36.8 Å². The van der Waals surface area contributed by atoms with Crippen LogP contribution in [0.1, 0.15) is 18.5 Å². The lowest BCUT2D eigenvalue weighted by atomic mass is 10.1. The fraction of sp³-hybridized carbons (Fsp3) is 0.294. The zero-order valence-electron chi connectivity index (χ0n) is 14.5. The molecule has 6 nitrogen and oxygen atoms in total. The van der Waals surface area contributed by atoms with E-state index in [4.69, 9.17) is 0 Å². The summed E-state index contributed by atoms with van der Waals surface area (Å²) < 4.78 is 66.7. The third-order valence-electron chi connectivity index (χ3n) is 3.55. The van der Waals surface area contributed by atoms with Gasteiger partial charge in [0, 0.05) is 6.20 Å². The number of anilines is 1. The average molecular weight is 405 g/mol. The highest BCUT2D eigenvalue weighted by molar-refractivity contribution is 5.89. The third-order valence-corrected chi connectivity index (χ3v) is 3.55. The average Bonchev–Trinajstić information content (AvgIpc) is 2.57. The van der Waals surface area contributed by atoms with Gasteiger partial charge in [0.1, 0.15) is 18.0 Å². The molecule has 1 atom stereocenters. The summed E-state index contributed by atoms with van der Waals surface area (Å²) in [6.45, 7) is -2.94. The highest BCUT2D eigenvalue weighted by Gasteiger charge is 2.28. The first-order valence-electron chi connectivity index (χ1n) is 7.93. The molecule has 28 heavy (non-hydrogen) atoms. The number of rotatable bonds is 6. The number of aromatic nitrogens is 1. The zero-order valence-corrected chi connectivity index (χ0v) is 14.5. The van der Waals surface area contributed by atoms with Crippen LogP contribution in [0.5, 0.6) is 5.75 Å². The summed E-state index contributed by atoms with van der Waals surface area (Å²) in [6, 6.07) is 6.47. The highest BCUT2D eigenvalue weighted by Crippen LogP contribution is 2.21. The quantitative estimate of drug-likeness (QED) is 0.717. The number of carbonyl (C=O) groups excluding carboxylic acids is 1. The van der Waals surface area contributed by atoms with Crippen molar-refractivity contribution in [1.82, 2.24) is 9.88 Å². The third kappa shape index (κ3) is 6.25. The molecule has 1 aromatic heterocycles. The summed E-state index contributed by atoms with van der Waals surface area (Å²) in [7, 11) is 0. The van der Waals surface area contributed by atoms with Crippen molar-refractivity contribution in [2.45, 2.75) is 32.3 Å². The molecular formula is C17H16F5N3O3. The maximum absolute atomic E-state index is 12.5. The Morgan fingerprint density at radius 3 is 2.57 bits per heavy atom. The van der Waals surface area contributed by atoms with Gasteiger partial charge in [-0.15, -0.1) is 0 Å². The second kappa shape index (κ2) is 8.72. The molecule has 1 unspecified atom stereocenters. The van der Waals surface area contributed by atoms with Gasteiger partial charge in [0.15, 0.2) is 0 Å². The van der Waals surface area contributed by atoms with Crippen molar-refractivity contribution in [2.24, 2.45) is 0 Å². The van der Waals surface area contributed by atoms with Gasteiger partial charge in [0.25, 0.3) is 5.56 Å². The number of ether oxygens (including phenoxy) is 1. The van der Waals surface area contributed by atoms with Crippen LogP contribution in [0.25, 0.3) is 0 Å². The molecule has 11 heteroatoms. The molecule has 0 radical (unpaired) electrons. The first-order chi connectivity index (χ1) is 13.0. The van der Waals surface area contributed by atoms with Crippen LogP contribution in [-0.4, -0.2) is 23.4 Å². The molecule has 0 aliphatic rings. The van der Waals surface area contributed by atoms with E-state index in [0.29, 0.717) is 10.1 Å². The van der Waals surface area contributed by atoms with Crippen LogP contribution in [0.4, 0.5) is 32.4 Å². The van der Waals surface area contributed by atoms with Crippen LogP contribution >= 0.6 is 0 Å². The summed E-state index contributed by atoms with van der Waals surface area (Å²) in [5, 5.41) is 4.64. The largest absolute Gasteiger partial charge is 0.435 e. The van der Waals surface area contributed by atoms with Gasteiger partial charge in [-0.25, -0.2) is 4.79 Å². The number of urea groups is 1. The lowest BCUT2D eigenvalue weighted by Crippen LogP contribution is -2.35. The molecule has 0 bridgehead atoms. The van der Waals surface area contributed by atoms with Crippen LogP contribution in [0.3, 0.4) is 0 Å². The summed E-state index contributed by atoms with van der Waals surface area (Å²) in [6.07, 6.45) is -3.64. The second-order valence-corrected chi connectivity index (χ2v) is 5.74. The molecule has 0 fully saturated rings. The monoisotopic (exact) mass is 405 g/mol. The Morgan fingerprint density at radius 2 is 1.93 bits per heavy atom. The number of hydrogen-bond acceptors (Lipinski definition) is 3. The molecule has 0 saturated heterocycles. The Balaban J connectivity index is 2.06. The van der Waals surface area contributed by atoms with Crippen LogP contribution in [0.2, 0.25) is 0 Å². The van der Waals surface area contributed by atoms with Gasteiger partial charge >= 0.3 is 18.8 Å². The first kappa shape index (κ1) is 21.2. The standard InChI is InChI=1S/C17H16F5N3O3/c1-10(11-4-2-5-12(8-11)28-15(18)19)23-16(27)24-13-6-3-7-25(14(13)26)9-17(20,21)22/h2-8,10,15H,9H2,1H3,(H2,23,24,27). The van der Waals surface area contributed by atoms with E-state index in [0.717, 1.165) is 12.3 Å². The topological polar surface area (TPSA) is 72.4 Å². The molecule has 0 aliphatic heterocycles. The van der Waals surface area contributed by atoms with Crippen molar-refractivity contribution in [1.29, 1.82) is 0 Å². The number of halogens is 5. The molecule has 2 N–H and O–H groups in total. The fourth-order valence-corrected chi connectivity index (χ4v) is 2.35. The fourth-order valence-electron chi connectivity index (χ4n) is 2.35. The number of nitrogens with one attached hydrogen (secondary N) is 2. The van der Waals surface area contributed by atoms with Crippen LogP contribution in [0.15, 0.2) is 47.4 Å². The van der Waals surface area contributed by atoms with E-state index in [1.54, 1.807) is 13.0 Å². The number of hydrogen-bond donors (Lipinski definition) is 2. The Labute approximate surface area is 155 Å². The van der Waals surface area contributed by atoms with Gasteiger partial charge in [0.2, 0.25) is 0 Å². The van der Waals surface area contributed by atoms with Crippen molar-refractivity contribution in [3.63, 3.8) is 0 Å². The second-order valence-electron chi connectivity index (χ2n) is 5.74. The Bertz CT molecular complexity index is 883. The molecule has 1 heterocycles. The van der Waals surface area contributed by atoms with E-state index in [1.165, 1.54) is 24.3 Å². The molecule has 1 aromatic carbocycles. The first-order valence-corrected chi connectivity index (χ1v) is 7.93. The molecule has 2 rings (SSSR count). The summed E-state index contributed by atoms with van der Waals surface area (Å²) in [5.74, 6) is -0.0975. The molecule has 152 valence electrons. The van der Waals surface area contributed by atoms with Crippen molar-refractivity contribution in [3.8, 4) is 5.75 Å². The summed E-state index contributed by atoms with van der Waals surface area (Å²) >= 11 is 0. The van der Waals surface area contributed by atoms with Crippen LogP contribution < -0.4 is 20.9 Å². The van der Waals surface area contributed by atoms with Gasteiger partial charge < -0.3 is 19.9 Å². The van der Waals surface area contributed by atoms with Crippen molar-refractivity contribution in [3.05, 3.63) is 58.5 Å². The van der Waals surface area contributed by atoms with Crippen molar-refractivity contribution in [2.75, 3.05) is 5.32 Å². The van der Waals surface area contributed by atoms with Gasteiger partial charge in [0.05, 0.1) is 6.04 Å². The smallest absolute Gasteiger partial charge is 0.406 e. The number of carbonyl (C=O) groups is 1. The van der Waals surface area contributed by atoms with Gasteiger partial charge in [-0.1, -0.05) is 12.1 Å². The van der Waals surface area contributed by atoms with Crippen LogP contribution in [-0.2, 0) is 6.54 Å². The lowest BCUT2D eigenvalue weighted by Gasteiger charge is -2.16. The molecule has 2 amide bonds. The number of alkyl halides is 5. The number of pyridine rings is 1. The Hall–Kier alpha value is -3.11. The minimum atomic E-state index is -4.59. The number of nitrogens with zero attached hydrogens (tertiary/aromatic N) is 1. The summed E-state index contributed by atoms with van der Waals surface area (Å²) in [4.78, 5) is 24.1. The predicted octanol–water partition coefficient (Wildman–Crippen LogP) is 3.89. The SMILES string of the molecule is CC(NC(=O)Nc1cccn(CC(F)(F)F)c1=O)c1cccc(OC(F)F)c1. The highest BCUT2D eigenvalue weighted by atomic mass is 19.4. The minimum absolute atomic E-state index is 0.0975. The maximum atomic E-state index is 12.5. The molecule has 0 aliphatic carbocycles. The summed E-state index contributed by atoms with van der Waals surface area (Å²) in [5.41, 5.74) is -0.919. The zero-order chi connectivity index (χ0) is 20.9. The van der Waals surface area contributed by atoms with E-state index in [9.17, 15) is 31.5 Å². The van der Waals surface area contributed by atoms with E-state index in [-0.39, 0.29) is 11.4 Å². The Morgan fingerprint density at radius 1 is 1.21 bits per heavy atom. The number of benzene rings is 1. The maximum Gasteiger partial charge on any atom is 0.406 e. The molecule has 2 aromatic rings. The molecule has 0 saturated carbocycles. The van der Waals surface area contributed by atoms with Gasteiger partial charge in [-0.3, -0.25) is 4.79 Å². The van der Waals surface area contributed by atoms with Crippen LogP contribution in [0, 0.1) is 0 Å². The predicted molar refractivity (Wildman–Crippen MR) is 90.4 cm³/mol. The van der Waals surface area contributed by atoms with Crippen molar-refractivity contribution < 1.29 is 31.5 Å². The van der Waals surface area contributed by atoms with E-state index < -0.39 is 37.0 Å². The Kier molecular flexibility index (Phi) is 6.60. The normalized spacial score (nSPS) is 12.5. The lowest BCUT2D eigenvalue weighted by molar-refractivity contribution is -0.141. The van der Waals surface area contributed by atoms with Crippen molar-refractivity contribution >= 4 is 11.7 Å². The van der Waals surface area contributed by atoms with Gasteiger partial charge in [-0.2, -0.15) is 22.0 Å². The minimum Gasteiger partial charge on any atom is -0.435 e.